The van der Waals surface area contributed by atoms with Gasteiger partial charge in [-0.25, -0.2) is 0 Å². The summed E-state index contributed by atoms with van der Waals surface area (Å²) < 4.78 is 0. The topological polar surface area (TPSA) is 18.5 Å². The van der Waals surface area contributed by atoms with E-state index in [1.165, 1.54) is 32.6 Å². The van der Waals surface area contributed by atoms with Crippen LogP contribution in [0.2, 0.25) is 0 Å². The van der Waals surface area contributed by atoms with Crippen molar-refractivity contribution in [1.29, 1.82) is 0 Å². The second-order valence-electron chi connectivity index (χ2n) is 6.41. The third-order valence-electron chi connectivity index (χ3n) is 3.73. The maximum Gasteiger partial charge on any atom is 0.0192 e. The molecule has 1 saturated heterocycles. The molecular weight excluding hydrogens is 210 g/mol. The highest BCUT2D eigenvalue weighted by atomic mass is 15.3. The Labute approximate surface area is 108 Å². The van der Waals surface area contributed by atoms with Gasteiger partial charge in [-0.3, -0.25) is 4.90 Å². The Bertz CT molecular complexity index is 216. The van der Waals surface area contributed by atoms with Crippen molar-refractivity contribution in [1.82, 2.24) is 15.1 Å². The molecule has 3 nitrogen and oxygen atoms in total. The quantitative estimate of drug-likeness (QED) is 0.713. The Hall–Kier alpha value is -0.120. The van der Waals surface area contributed by atoms with Crippen LogP contribution in [0.5, 0.6) is 0 Å². The van der Waals surface area contributed by atoms with Gasteiger partial charge in [-0.2, -0.15) is 0 Å². The normalized spacial score (nSPS) is 24.2. The maximum absolute atomic E-state index is 3.55. The molecule has 0 aromatic carbocycles. The molecule has 1 fully saturated rings. The van der Waals surface area contributed by atoms with E-state index in [0.717, 1.165) is 13.1 Å². The summed E-state index contributed by atoms with van der Waals surface area (Å²) in [4.78, 5) is 5.08. The zero-order chi connectivity index (χ0) is 12.9. The molecule has 1 rings (SSSR count). The minimum atomic E-state index is 0.380. The highest BCUT2D eigenvalue weighted by Gasteiger charge is 2.26. The van der Waals surface area contributed by atoms with E-state index in [1.54, 1.807) is 0 Å². The standard InChI is InChI=1S/C14H31N3/c1-6-7-15-11-14(3,4)12-17-9-8-16(5)13(2)10-17/h13,15H,6-12H2,1-5H3. The monoisotopic (exact) mass is 241 g/mol. The van der Waals surface area contributed by atoms with Gasteiger partial charge in [-0.15, -0.1) is 0 Å². The van der Waals surface area contributed by atoms with Crippen molar-refractivity contribution >= 4 is 0 Å². The van der Waals surface area contributed by atoms with Crippen molar-refractivity contribution in [2.45, 2.75) is 40.2 Å². The van der Waals surface area contributed by atoms with Crippen LogP contribution in [0.4, 0.5) is 0 Å². The predicted octanol–water partition coefficient (Wildman–Crippen LogP) is 1.65. The second-order valence-corrected chi connectivity index (χ2v) is 6.41. The molecule has 102 valence electrons. The first kappa shape index (κ1) is 14.9. The number of likely N-dealkylation sites (N-methyl/N-ethyl adjacent to an activating group) is 1. The average molecular weight is 241 g/mol. The van der Waals surface area contributed by atoms with E-state index in [-0.39, 0.29) is 0 Å². The van der Waals surface area contributed by atoms with Crippen molar-refractivity contribution in [2.24, 2.45) is 5.41 Å². The molecule has 1 N–H and O–H groups in total. The Kier molecular flexibility index (Phi) is 5.90. The van der Waals surface area contributed by atoms with Crippen LogP contribution in [0.3, 0.4) is 0 Å². The molecule has 1 unspecified atom stereocenters. The number of hydrogen-bond acceptors (Lipinski definition) is 3. The molecule has 1 aliphatic heterocycles. The molecule has 3 heteroatoms. The van der Waals surface area contributed by atoms with Crippen molar-refractivity contribution in [3.63, 3.8) is 0 Å². The van der Waals surface area contributed by atoms with Crippen LogP contribution in [-0.2, 0) is 0 Å². The van der Waals surface area contributed by atoms with Gasteiger partial charge in [0, 0.05) is 38.8 Å². The fraction of sp³-hybridized carbons (Fsp3) is 1.00. The largest absolute Gasteiger partial charge is 0.316 e. The Morgan fingerprint density at radius 3 is 2.59 bits per heavy atom. The van der Waals surface area contributed by atoms with Gasteiger partial charge in [0.2, 0.25) is 0 Å². The van der Waals surface area contributed by atoms with Gasteiger partial charge in [0.15, 0.2) is 0 Å². The zero-order valence-electron chi connectivity index (χ0n) is 12.4. The highest BCUT2D eigenvalue weighted by molar-refractivity contribution is 4.82. The molecule has 1 heterocycles. The summed E-state index contributed by atoms with van der Waals surface area (Å²) in [6.45, 7) is 16.4. The lowest BCUT2D eigenvalue weighted by molar-refractivity contribution is 0.0746. The average Bonchev–Trinajstić information content (AvgIpc) is 2.23. The minimum Gasteiger partial charge on any atom is -0.316 e. The van der Waals surface area contributed by atoms with E-state index in [4.69, 9.17) is 0 Å². The molecule has 0 aromatic rings. The number of nitrogens with one attached hydrogen (secondary N) is 1. The first-order valence-corrected chi connectivity index (χ1v) is 7.08. The van der Waals surface area contributed by atoms with E-state index >= 15 is 0 Å². The summed E-state index contributed by atoms with van der Waals surface area (Å²) in [6.07, 6.45) is 1.22. The SMILES string of the molecule is CCCNCC(C)(C)CN1CCN(C)C(C)C1. The third kappa shape index (κ3) is 5.36. The van der Waals surface area contributed by atoms with Crippen molar-refractivity contribution < 1.29 is 0 Å². The Balaban J connectivity index is 2.31. The first-order valence-electron chi connectivity index (χ1n) is 7.08. The fourth-order valence-corrected chi connectivity index (χ4v) is 2.53. The molecule has 0 spiro atoms. The van der Waals surface area contributed by atoms with Crippen LogP contribution in [0.15, 0.2) is 0 Å². The zero-order valence-corrected chi connectivity index (χ0v) is 12.4. The summed E-state index contributed by atoms with van der Waals surface area (Å²) in [6, 6.07) is 0.697. The highest BCUT2D eigenvalue weighted by Crippen LogP contribution is 2.18. The predicted molar refractivity (Wildman–Crippen MR) is 75.5 cm³/mol. The molecule has 0 bridgehead atoms. The number of piperazine rings is 1. The summed E-state index contributed by atoms with van der Waals surface area (Å²) in [5.41, 5.74) is 0.380. The molecule has 17 heavy (non-hydrogen) atoms. The lowest BCUT2D eigenvalue weighted by Gasteiger charge is -2.41. The number of nitrogens with zero attached hydrogens (tertiary/aromatic N) is 2. The molecule has 1 atom stereocenters. The number of hydrogen-bond donors (Lipinski definition) is 1. The van der Waals surface area contributed by atoms with Crippen molar-refractivity contribution in [3.05, 3.63) is 0 Å². The molecule has 0 radical (unpaired) electrons. The number of rotatable bonds is 6. The van der Waals surface area contributed by atoms with Crippen LogP contribution >= 0.6 is 0 Å². The van der Waals surface area contributed by atoms with E-state index in [2.05, 4.69) is 49.9 Å². The van der Waals surface area contributed by atoms with Crippen LogP contribution in [0.25, 0.3) is 0 Å². The van der Waals surface area contributed by atoms with Gasteiger partial charge in [0.25, 0.3) is 0 Å². The first-order chi connectivity index (χ1) is 7.94. The summed E-state index contributed by atoms with van der Waals surface area (Å²) in [5, 5.41) is 3.55. The molecular formula is C14H31N3. The lowest BCUT2D eigenvalue weighted by Crippen LogP contribution is -2.53. The summed E-state index contributed by atoms with van der Waals surface area (Å²) in [5.74, 6) is 0. The third-order valence-corrected chi connectivity index (χ3v) is 3.73. The molecule has 0 aliphatic carbocycles. The molecule has 0 aromatic heterocycles. The van der Waals surface area contributed by atoms with Crippen molar-refractivity contribution in [3.8, 4) is 0 Å². The van der Waals surface area contributed by atoms with Gasteiger partial charge in [-0.1, -0.05) is 20.8 Å². The molecule has 1 aliphatic rings. The van der Waals surface area contributed by atoms with E-state index in [9.17, 15) is 0 Å². The smallest absolute Gasteiger partial charge is 0.0192 e. The van der Waals surface area contributed by atoms with E-state index in [1.807, 2.05) is 0 Å². The maximum atomic E-state index is 3.55. The van der Waals surface area contributed by atoms with Crippen LogP contribution in [0, 0.1) is 5.41 Å². The summed E-state index contributed by atoms with van der Waals surface area (Å²) in [7, 11) is 2.23. The lowest BCUT2D eigenvalue weighted by atomic mass is 9.92. The van der Waals surface area contributed by atoms with Gasteiger partial charge in [0.05, 0.1) is 0 Å². The van der Waals surface area contributed by atoms with Gasteiger partial charge < -0.3 is 10.2 Å². The fourth-order valence-electron chi connectivity index (χ4n) is 2.53. The molecule has 0 saturated carbocycles. The molecule has 0 amide bonds. The minimum absolute atomic E-state index is 0.380. The second kappa shape index (κ2) is 6.72. The van der Waals surface area contributed by atoms with Crippen LogP contribution < -0.4 is 5.32 Å². The Morgan fingerprint density at radius 2 is 2.00 bits per heavy atom. The summed E-state index contributed by atoms with van der Waals surface area (Å²) >= 11 is 0. The van der Waals surface area contributed by atoms with Crippen LogP contribution in [0.1, 0.15) is 34.1 Å². The Morgan fingerprint density at radius 1 is 1.29 bits per heavy atom. The van der Waals surface area contributed by atoms with Gasteiger partial charge in [-0.05, 0) is 32.4 Å². The van der Waals surface area contributed by atoms with Gasteiger partial charge >= 0.3 is 0 Å². The van der Waals surface area contributed by atoms with Gasteiger partial charge in [0.1, 0.15) is 0 Å². The van der Waals surface area contributed by atoms with E-state index in [0.29, 0.717) is 11.5 Å². The van der Waals surface area contributed by atoms with Crippen molar-refractivity contribution in [2.75, 3.05) is 46.3 Å². The van der Waals surface area contributed by atoms with E-state index < -0.39 is 0 Å². The van der Waals surface area contributed by atoms with Crippen LogP contribution in [-0.4, -0.2) is 62.2 Å².